The first-order valence-corrected chi connectivity index (χ1v) is 12.2. The molecule has 0 aromatic heterocycles. The highest BCUT2D eigenvalue weighted by atomic mass is 16.7. The molecule has 3 aliphatic rings. The van der Waals surface area contributed by atoms with E-state index < -0.39 is 18.5 Å². The van der Waals surface area contributed by atoms with Crippen molar-refractivity contribution < 1.29 is 52.3 Å². The third kappa shape index (κ3) is 18.4. The first kappa shape index (κ1) is 35.5. The molecule has 2 N–H and O–H groups in total. The van der Waals surface area contributed by atoms with Gasteiger partial charge in [-0.05, 0) is 54.7 Å². The molecule has 0 spiro atoms. The normalized spacial score (nSPS) is 18.1. The predicted octanol–water partition coefficient (Wildman–Crippen LogP) is 4.22. The maximum Gasteiger partial charge on any atom is 0.508 e. The second-order valence-corrected chi connectivity index (χ2v) is 10.7. The van der Waals surface area contributed by atoms with Gasteiger partial charge in [0.05, 0.1) is 12.1 Å². The van der Waals surface area contributed by atoms with E-state index in [4.69, 9.17) is 28.4 Å². The van der Waals surface area contributed by atoms with Crippen molar-refractivity contribution in [2.45, 2.75) is 79.2 Å². The molecule has 226 valence electrons. The van der Waals surface area contributed by atoms with E-state index in [-0.39, 0.29) is 57.1 Å². The SMILES string of the molecule is C.C=C(NC1COC(=O)OC1)OC(C)(C)C.C=C(NC1COC(=O)OC1)OC(C)(C)C.CC1COC(=O)OC1. The minimum atomic E-state index is -0.629. The lowest BCUT2D eigenvalue weighted by Crippen LogP contribution is -2.43. The van der Waals surface area contributed by atoms with Crippen molar-refractivity contribution in [1.82, 2.24) is 10.6 Å². The van der Waals surface area contributed by atoms with E-state index in [2.05, 4.69) is 33.3 Å². The van der Waals surface area contributed by atoms with E-state index in [1.165, 1.54) is 0 Å². The van der Waals surface area contributed by atoms with Gasteiger partial charge in [0.25, 0.3) is 0 Å². The van der Waals surface area contributed by atoms with Gasteiger partial charge < -0.3 is 48.5 Å². The highest BCUT2D eigenvalue weighted by Gasteiger charge is 2.24. The maximum atomic E-state index is 10.6. The fourth-order valence-electron chi connectivity index (χ4n) is 2.78. The Kier molecular flexibility index (Phi) is 15.0. The molecule has 0 bridgehead atoms. The molecule has 0 radical (unpaired) electrons. The Morgan fingerprint density at radius 1 is 0.641 bits per heavy atom. The van der Waals surface area contributed by atoms with E-state index >= 15 is 0 Å². The van der Waals surface area contributed by atoms with Crippen molar-refractivity contribution >= 4 is 18.5 Å². The molecule has 0 atom stereocenters. The summed E-state index contributed by atoms with van der Waals surface area (Å²) in [6.07, 6.45) is -1.80. The second-order valence-electron chi connectivity index (χ2n) is 10.7. The molecular weight excluding hydrogens is 516 g/mol. The zero-order valence-electron chi connectivity index (χ0n) is 23.4. The largest absolute Gasteiger partial charge is 0.508 e. The van der Waals surface area contributed by atoms with Gasteiger partial charge >= 0.3 is 18.5 Å². The molecule has 0 unspecified atom stereocenters. The molecule has 0 aromatic rings. The zero-order valence-corrected chi connectivity index (χ0v) is 23.4. The minimum absolute atomic E-state index is 0. The number of carbonyl (C=O) groups is 3. The van der Waals surface area contributed by atoms with Crippen LogP contribution in [0.3, 0.4) is 0 Å². The summed E-state index contributed by atoms with van der Waals surface area (Å²) in [6, 6.07) is -0.199. The van der Waals surface area contributed by atoms with Crippen LogP contribution in [-0.4, -0.2) is 81.4 Å². The smallest absolute Gasteiger partial charge is 0.474 e. The van der Waals surface area contributed by atoms with Crippen molar-refractivity contribution in [2.24, 2.45) is 5.92 Å². The van der Waals surface area contributed by atoms with Crippen molar-refractivity contribution in [2.75, 3.05) is 39.6 Å². The summed E-state index contributed by atoms with van der Waals surface area (Å²) in [5.74, 6) is 1.26. The van der Waals surface area contributed by atoms with Crippen molar-refractivity contribution in [3.63, 3.8) is 0 Å². The highest BCUT2D eigenvalue weighted by molar-refractivity contribution is 5.61. The van der Waals surface area contributed by atoms with Crippen LogP contribution in [0.5, 0.6) is 0 Å². The number of ether oxygens (including phenoxy) is 8. The molecule has 13 nitrogen and oxygen atoms in total. The van der Waals surface area contributed by atoms with Crippen LogP contribution in [0.2, 0.25) is 0 Å². The fourth-order valence-corrected chi connectivity index (χ4v) is 2.78. The van der Waals surface area contributed by atoms with Gasteiger partial charge in [-0.3, -0.25) is 0 Å². The van der Waals surface area contributed by atoms with Crippen LogP contribution in [0.15, 0.2) is 24.9 Å². The Balaban J connectivity index is 0.000000573. The van der Waals surface area contributed by atoms with E-state index in [0.29, 0.717) is 30.9 Å². The second kappa shape index (κ2) is 16.5. The van der Waals surface area contributed by atoms with Crippen LogP contribution >= 0.6 is 0 Å². The topological polar surface area (TPSA) is 149 Å². The van der Waals surface area contributed by atoms with Crippen LogP contribution < -0.4 is 10.6 Å². The Labute approximate surface area is 231 Å². The van der Waals surface area contributed by atoms with Crippen LogP contribution in [0, 0.1) is 5.92 Å². The molecule has 0 aliphatic carbocycles. The van der Waals surface area contributed by atoms with Crippen LogP contribution in [-0.2, 0) is 37.9 Å². The Morgan fingerprint density at radius 3 is 1.13 bits per heavy atom. The number of rotatable bonds is 6. The third-order valence-corrected chi connectivity index (χ3v) is 4.17. The van der Waals surface area contributed by atoms with Crippen molar-refractivity contribution in [3.05, 3.63) is 24.9 Å². The van der Waals surface area contributed by atoms with E-state index in [1.54, 1.807) is 0 Å². The van der Waals surface area contributed by atoms with E-state index in [9.17, 15) is 14.4 Å². The van der Waals surface area contributed by atoms with Gasteiger partial charge in [0.15, 0.2) is 11.8 Å². The molecule has 13 heteroatoms. The lowest BCUT2D eigenvalue weighted by atomic mass is 10.2. The van der Waals surface area contributed by atoms with Crippen LogP contribution in [0.1, 0.15) is 55.9 Å². The first-order valence-electron chi connectivity index (χ1n) is 12.2. The van der Waals surface area contributed by atoms with E-state index in [1.807, 2.05) is 48.5 Å². The molecule has 3 heterocycles. The molecule has 0 saturated carbocycles. The average Bonchev–Trinajstić information content (AvgIpc) is 2.77. The number of cyclic esters (lactones) is 6. The summed E-state index contributed by atoms with van der Waals surface area (Å²) in [7, 11) is 0. The highest BCUT2D eigenvalue weighted by Crippen LogP contribution is 2.13. The minimum Gasteiger partial charge on any atom is -0.474 e. The van der Waals surface area contributed by atoms with Gasteiger partial charge in [0.2, 0.25) is 0 Å². The standard InChI is InChI=1S/2C10H17NO4.C5H8O3.CH4/c2*1-7(15-10(2,3)4)11-8-5-13-9(12)14-6-8;1-4-2-7-5(6)8-3-4;/h2*8,11H,1,5-6H2,2-4H3;4H,2-3H2,1H3;1H4. The van der Waals surface area contributed by atoms with Gasteiger partial charge in [-0.15, -0.1) is 0 Å². The number of carbonyl (C=O) groups excluding carboxylic acids is 3. The summed E-state index contributed by atoms with van der Waals surface area (Å²) in [4.78, 5) is 31.4. The van der Waals surface area contributed by atoms with Gasteiger partial charge in [0, 0.05) is 5.92 Å². The predicted molar refractivity (Wildman–Crippen MR) is 142 cm³/mol. The van der Waals surface area contributed by atoms with Gasteiger partial charge in [-0.1, -0.05) is 14.4 Å². The Bertz CT molecular complexity index is 734. The number of nitrogens with one attached hydrogen (secondary N) is 2. The van der Waals surface area contributed by atoms with Crippen LogP contribution in [0.25, 0.3) is 0 Å². The van der Waals surface area contributed by atoms with Crippen molar-refractivity contribution in [1.29, 1.82) is 0 Å². The van der Waals surface area contributed by atoms with E-state index in [0.717, 1.165) is 0 Å². The molecule has 3 aliphatic heterocycles. The third-order valence-electron chi connectivity index (χ3n) is 4.17. The molecular formula is C26H46N2O11. The molecule has 3 fully saturated rings. The fraction of sp³-hybridized carbons (Fsp3) is 0.731. The lowest BCUT2D eigenvalue weighted by molar-refractivity contribution is -0.0117. The quantitative estimate of drug-likeness (QED) is 0.270. The van der Waals surface area contributed by atoms with Crippen molar-refractivity contribution in [3.8, 4) is 0 Å². The number of hydrogen-bond acceptors (Lipinski definition) is 13. The average molecular weight is 563 g/mol. The molecule has 0 aromatic carbocycles. The summed E-state index contributed by atoms with van der Waals surface area (Å²) in [6.45, 7) is 23.1. The Morgan fingerprint density at radius 2 is 0.897 bits per heavy atom. The summed E-state index contributed by atoms with van der Waals surface area (Å²) in [5.41, 5.74) is -0.591. The van der Waals surface area contributed by atoms with Gasteiger partial charge in [0.1, 0.15) is 50.8 Å². The van der Waals surface area contributed by atoms with Gasteiger partial charge in [-0.2, -0.15) is 0 Å². The molecule has 3 saturated heterocycles. The molecule has 39 heavy (non-hydrogen) atoms. The maximum absolute atomic E-state index is 10.6. The van der Waals surface area contributed by atoms with Gasteiger partial charge in [-0.25, -0.2) is 14.4 Å². The Hall–Kier alpha value is -3.51. The van der Waals surface area contributed by atoms with Crippen LogP contribution in [0.4, 0.5) is 14.4 Å². The summed E-state index contributed by atoms with van der Waals surface area (Å²) in [5, 5.41) is 5.95. The number of hydrogen-bond donors (Lipinski definition) is 2. The lowest BCUT2D eigenvalue weighted by Gasteiger charge is -2.28. The first-order chi connectivity index (χ1) is 17.5. The monoisotopic (exact) mass is 562 g/mol. The summed E-state index contributed by atoms with van der Waals surface area (Å²) < 4.78 is 38.8. The molecule has 0 amide bonds. The molecule has 3 rings (SSSR count). The summed E-state index contributed by atoms with van der Waals surface area (Å²) >= 11 is 0. The zero-order chi connectivity index (χ0) is 28.9.